The van der Waals surface area contributed by atoms with Gasteiger partial charge in [0, 0.05) is 31.9 Å². The maximum atomic E-state index is 12.4. The Morgan fingerprint density at radius 1 is 1.12 bits per heavy atom. The molecule has 24 heavy (non-hydrogen) atoms. The van der Waals surface area contributed by atoms with E-state index in [1.54, 1.807) is 12.1 Å². The number of hydrogen-bond acceptors (Lipinski definition) is 4. The Hall–Kier alpha value is -2.21. The van der Waals surface area contributed by atoms with Crippen molar-refractivity contribution in [3.8, 4) is 0 Å². The van der Waals surface area contributed by atoms with Gasteiger partial charge >= 0.3 is 0 Å². The standard InChI is InChI=1S/C18H24N2O4/c1-3-5-10-20-17(22)14-8-7-13(12-15(14)18(20)23)16(21)19-9-6-11-24-4-2/h7-8,12H,3-6,9-11H2,1-2H3,(H,19,21). The molecular formula is C18H24N2O4. The first-order valence-electron chi connectivity index (χ1n) is 8.46. The molecule has 0 aliphatic carbocycles. The Bertz CT molecular complexity index is 627. The third-order valence-electron chi connectivity index (χ3n) is 3.92. The summed E-state index contributed by atoms with van der Waals surface area (Å²) in [6, 6.07) is 4.67. The van der Waals surface area contributed by atoms with E-state index in [0.717, 1.165) is 19.3 Å². The zero-order valence-corrected chi connectivity index (χ0v) is 14.3. The van der Waals surface area contributed by atoms with Crippen LogP contribution in [-0.2, 0) is 4.74 Å². The Kier molecular flexibility index (Phi) is 6.49. The SMILES string of the molecule is CCCCN1C(=O)c2ccc(C(=O)NCCCOCC)cc2C1=O. The number of rotatable bonds is 9. The van der Waals surface area contributed by atoms with Gasteiger partial charge in [-0.3, -0.25) is 19.3 Å². The summed E-state index contributed by atoms with van der Waals surface area (Å²) >= 11 is 0. The van der Waals surface area contributed by atoms with Gasteiger partial charge in [-0.25, -0.2) is 0 Å². The van der Waals surface area contributed by atoms with Gasteiger partial charge in [0.1, 0.15) is 0 Å². The van der Waals surface area contributed by atoms with Gasteiger partial charge in [-0.1, -0.05) is 13.3 Å². The van der Waals surface area contributed by atoms with Crippen LogP contribution in [0.25, 0.3) is 0 Å². The molecule has 0 fully saturated rings. The van der Waals surface area contributed by atoms with E-state index in [-0.39, 0.29) is 17.7 Å². The van der Waals surface area contributed by atoms with E-state index in [9.17, 15) is 14.4 Å². The number of benzene rings is 1. The molecule has 0 radical (unpaired) electrons. The number of nitrogens with zero attached hydrogens (tertiary/aromatic N) is 1. The summed E-state index contributed by atoms with van der Waals surface area (Å²) in [5.74, 6) is -0.830. The van der Waals surface area contributed by atoms with E-state index in [0.29, 0.717) is 43.0 Å². The summed E-state index contributed by atoms with van der Waals surface area (Å²) in [7, 11) is 0. The summed E-state index contributed by atoms with van der Waals surface area (Å²) in [5, 5.41) is 2.79. The lowest BCUT2D eigenvalue weighted by Crippen LogP contribution is -2.30. The second-order valence-electron chi connectivity index (χ2n) is 5.68. The number of ether oxygens (including phenoxy) is 1. The zero-order valence-electron chi connectivity index (χ0n) is 14.3. The van der Waals surface area contributed by atoms with E-state index in [2.05, 4.69) is 5.32 Å². The number of nitrogens with one attached hydrogen (secondary N) is 1. The van der Waals surface area contributed by atoms with Crippen LogP contribution in [0.3, 0.4) is 0 Å². The lowest BCUT2D eigenvalue weighted by atomic mass is 10.1. The van der Waals surface area contributed by atoms with Crippen molar-refractivity contribution in [3.63, 3.8) is 0 Å². The molecule has 1 aromatic rings. The molecule has 2 rings (SSSR count). The second kappa shape index (κ2) is 8.59. The fraction of sp³-hybridized carbons (Fsp3) is 0.500. The van der Waals surface area contributed by atoms with Crippen molar-refractivity contribution in [1.29, 1.82) is 0 Å². The van der Waals surface area contributed by atoms with E-state index < -0.39 is 0 Å². The molecule has 0 unspecified atom stereocenters. The number of fused-ring (bicyclic) bond motifs is 1. The highest BCUT2D eigenvalue weighted by Gasteiger charge is 2.35. The molecule has 0 atom stereocenters. The van der Waals surface area contributed by atoms with Gasteiger partial charge in [0.2, 0.25) is 0 Å². The molecule has 130 valence electrons. The lowest BCUT2D eigenvalue weighted by molar-refractivity contribution is 0.0652. The Labute approximate surface area is 142 Å². The summed E-state index contributed by atoms with van der Waals surface area (Å²) in [4.78, 5) is 38.1. The highest BCUT2D eigenvalue weighted by Crippen LogP contribution is 2.24. The molecule has 1 aromatic carbocycles. The molecule has 3 amide bonds. The number of hydrogen-bond donors (Lipinski definition) is 1. The molecule has 1 N–H and O–H groups in total. The highest BCUT2D eigenvalue weighted by atomic mass is 16.5. The number of amides is 3. The molecule has 1 heterocycles. The molecule has 0 bridgehead atoms. The van der Waals surface area contributed by atoms with Gasteiger partial charge in [-0.2, -0.15) is 0 Å². The topological polar surface area (TPSA) is 75.7 Å². The van der Waals surface area contributed by atoms with Crippen LogP contribution < -0.4 is 5.32 Å². The van der Waals surface area contributed by atoms with E-state index in [1.165, 1.54) is 11.0 Å². The second-order valence-corrected chi connectivity index (χ2v) is 5.68. The first-order valence-corrected chi connectivity index (χ1v) is 8.46. The summed E-state index contributed by atoms with van der Waals surface area (Å²) in [6.07, 6.45) is 2.41. The van der Waals surface area contributed by atoms with Crippen LogP contribution in [0.4, 0.5) is 0 Å². The summed E-state index contributed by atoms with van der Waals surface area (Å²) in [5.41, 5.74) is 1.09. The van der Waals surface area contributed by atoms with Gasteiger partial charge in [-0.05, 0) is 38.0 Å². The van der Waals surface area contributed by atoms with Crippen LogP contribution in [0.1, 0.15) is 64.2 Å². The first kappa shape index (κ1) is 18.1. The largest absolute Gasteiger partial charge is 0.382 e. The fourth-order valence-corrected chi connectivity index (χ4v) is 2.57. The highest BCUT2D eigenvalue weighted by molar-refractivity contribution is 6.22. The molecule has 1 aliphatic heterocycles. The molecule has 0 spiro atoms. The van der Waals surface area contributed by atoms with Crippen LogP contribution >= 0.6 is 0 Å². The molecule has 6 nitrogen and oxygen atoms in total. The molecule has 0 saturated heterocycles. The Balaban J connectivity index is 2.02. The molecular weight excluding hydrogens is 308 g/mol. The maximum Gasteiger partial charge on any atom is 0.261 e. The summed E-state index contributed by atoms with van der Waals surface area (Å²) in [6.45, 7) is 6.11. The fourth-order valence-electron chi connectivity index (χ4n) is 2.57. The third kappa shape index (κ3) is 4.00. The van der Waals surface area contributed by atoms with E-state index >= 15 is 0 Å². The predicted molar refractivity (Wildman–Crippen MR) is 90.2 cm³/mol. The molecule has 0 saturated carbocycles. The van der Waals surface area contributed by atoms with Crippen molar-refractivity contribution in [3.05, 3.63) is 34.9 Å². The Morgan fingerprint density at radius 2 is 1.88 bits per heavy atom. The van der Waals surface area contributed by atoms with Gasteiger partial charge in [0.05, 0.1) is 11.1 Å². The third-order valence-corrected chi connectivity index (χ3v) is 3.92. The van der Waals surface area contributed by atoms with Crippen molar-refractivity contribution < 1.29 is 19.1 Å². The molecule has 6 heteroatoms. The van der Waals surface area contributed by atoms with Gasteiger partial charge in [-0.15, -0.1) is 0 Å². The average Bonchev–Trinajstić information content (AvgIpc) is 2.83. The van der Waals surface area contributed by atoms with Crippen molar-refractivity contribution in [2.75, 3.05) is 26.3 Å². The van der Waals surface area contributed by atoms with Crippen molar-refractivity contribution in [2.24, 2.45) is 0 Å². The predicted octanol–water partition coefficient (Wildman–Crippen LogP) is 2.24. The number of unbranched alkanes of at least 4 members (excludes halogenated alkanes) is 1. The Morgan fingerprint density at radius 3 is 2.58 bits per heavy atom. The summed E-state index contributed by atoms with van der Waals surface area (Å²) < 4.78 is 5.21. The van der Waals surface area contributed by atoms with Crippen molar-refractivity contribution in [2.45, 2.75) is 33.1 Å². The van der Waals surface area contributed by atoms with Crippen LogP contribution in [0.5, 0.6) is 0 Å². The van der Waals surface area contributed by atoms with Crippen molar-refractivity contribution >= 4 is 17.7 Å². The van der Waals surface area contributed by atoms with Crippen molar-refractivity contribution in [1.82, 2.24) is 10.2 Å². The van der Waals surface area contributed by atoms with E-state index in [1.807, 2.05) is 13.8 Å². The number of carbonyl (C=O) groups is 3. The van der Waals surface area contributed by atoms with Crippen LogP contribution in [0, 0.1) is 0 Å². The first-order chi connectivity index (χ1) is 11.6. The normalized spacial score (nSPS) is 13.3. The lowest BCUT2D eigenvalue weighted by Gasteiger charge is -2.12. The smallest absolute Gasteiger partial charge is 0.261 e. The minimum atomic E-state index is -0.311. The van der Waals surface area contributed by atoms with Gasteiger partial charge in [0.25, 0.3) is 17.7 Å². The van der Waals surface area contributed by atoms with Crippen LogP contribution in [-0.4, -0.2) is 48.9 Å². The quantitative estimate of drug-likeness (QED) is 0.556. The monoisotopic (exact) mass is 332 g/mol. The zero-order chi connectivity index (χ0) is 17.5. The average molecular weight is 332 g/mol. The molecule has 1 aliphatic rings. The van der Waals surface area contributed by atoms with Gasteiger partial charge in [0.15, 0.2) is 0 Å². The molecule has 0 aromatic heterocycles. The van der Waals surface area contributed by atoms with Crippen LogP contribution in [0.2, 0.25) is 0 Å². The van der Waals surface area contributed by atoms with E-state index in [4.69, 9.17) is 4.74 Å². The van der Waals surface area contributed by atoms with Crippen LogP contribution in [0.15, 0.2) is 18.2 Å². The minimum Gasteiger partial charge on any atom is -0.382 e. The van der Waals surface area contributed by atoms with Gasteiger partial charge < -0.3 is 10.1 Å². The maximum absolute atomic E-state index is 12.4. The number of imide groups is 1. The number of carbonyl (C=O) groups excluding carboxylic acids is 3. The minimum absolute atomic E-state index is 0.249.